The van der Waals surface area contributed by atoms with Gasteiger partial charge in [0.15, 0.2) is 11.6 Å². The average Bonchev–Trinajstić information content (AvgIpc) is 3.69. The summed E-state index contributed by atoms with van der Waals surface area (Å²) < 4.78 is 29.4. The molecule has 1 aromatic carbocycles. The Bertz CT molecular complexity index is 1550. The van der Waals surface area contributed by atoms with Crippen molar-refractivity contribution in [3.63, 3.8) is 0 Å². The van der Waals surface area contributed by atoms with Crippen molar-refractivity contribution in [2.45, 2.75) is 25.5 Å². The second-order valence-corrected chi connectivity index (χ2v) is 11.8. The zero-order valence-corrected chi connectivity index (χ0v) is 29.4. The third-order valence-electron chi connectivity index (χ3n) is 8.54. The third-order valence-corrected chi connectivity index (χ3v) is 8.54. The number of fused-ring (bicyclic) bond motifs is 1. The molecule has 4 heterocycles. The van der Waals surface area contributed by atoms with Crippen molar-refractivity contribution in [1.82, 2.24) is 29.7 Å². The molecule has 1 aliphatic heterocycles. The SMILES string of the molecule is COCCN(CCOC)c1nc(N2CCC(OC)CC2)c2nc(N(CCOC)CCOC)nc(NCc3cccc(-n4cccn4)c3)c2n1. The number of nitrogens with zero attached hydrogens (tertiary/aromatic N) is 9. The highest BCUT2D eigenvalue weighted by molar-refractivity contribution is 5.95. The molecule has 15 nitrogen and oxygen atoms in total. The number of anilines is 4. The fourth-order valence-corrected chi connectivity index (χ4v) is 5.75. The Morgan fingerprint density at radius 3 is 1.94 bits per heavy atom. The number of ether oxygens (including phenoxy) is 5. The Morgan fingerprint density at radius 1 is 0.755 bits per heavy atom. The lowest BCUT2D eigenvalue weighted by molar-refractivity contribution is 0.0818. The highest BCUT2D eigenvalue weighted by Crippen LogP contribution is 2.33. The Balaban J connectivity index is 1.63. The van der Waals surface area contributed by atoms with E-state index in [0.717, 1.165) is 43.0 Å². The number of piperidine rings is 1. The van der Waals surface area contributed by atoms with Gasteiger partial charge in [-0.3, -0.25) is 0 Å². The molecule has 0 amide bonds. The molecule has 1 saturated heterocycles. The summed E-state index contributed by atoms with van der Waals surface area (Å²) in [5.74, 6) is 2.50. The smallest absolute Gasteiger partial charge is 0.228 e. The zero-order chi connectivity index (χ0) is 34.4. The van der Waals surface area contributed by atoms with Crippen molar-refractivity contribution in [2.24, 2.45) is 0 Å². The quantitative estimate of drug-likeness (QED) is 0.147. The van der Waals surface area contributed by atoms with Crippen molar-refractivity contribution in [2.75, 3.05) is 121 Å². The molecule has 3 aromatic heterocycles. The number of rotatable bonds is 20. The molecule has 1 fully saturated rings. The zero-order valence-electron chi connectivity index (χ0n) is 29.4. The van der Waals surface area contributed by atoms with Crippen LogP contribution in [0.15, 0.2) is 42.7 Å². The minimum Gasteiger partial charge on any atom is -0.383 e. The molecule has 1 N–H and O–H groups in total. The van der Waals surface area contributed by atoms with Crippen molar-refractivity contribution < 1.29 is 23.7 Å². The molecule has 0 spiro atoms. The van der Waals surface area contributed by atoms with Crippen LogP contribution in [0.2, 0.25) is 0 Å². The van der Waals surface area contributed by atoms with E-state index < -0.39 is 0 Å². The van der Waals surface area contributed by atoms with Crippen LogP contribution in [0.4, 0.5) is 23.5 Å². The maximum Gasteiger partial charge on any atom is 0.228 e. The van der Waals surface area contributed by atoms with E-state index in [1.165, 1.54) is 0 Å². The Hall–Kier alpha value is -4.15. The van der Waals surface area contributed by atoms with E-state index in [9.17, 15) is 0 Å². The number of benzene rings is 1. The van der Waals surface area contributed by atoms with Crippen LogP contribution in [-0.4, -0.2) is 137 Å². The molecule has 266 valence electrons. The van der Waals surface area contributed by atoms with Crippen LogP contribution in [-0.2, 0) is 30.2 Å². The molecule has 15 heteroatoms. The predicted molar refractivity (Wildman–Crippen MR) is 190 cm³/mol. The van der Waals surface area contributed by atoms with Gasteiger partial charge in [0.25, 0.3) is 0 Å². The number of hydrogen-bond donors (Lipinski definition) is 1. The fourth-order valence-electron chi connectivity index (χ4n) is 5.75. The molecule has 4 aromatic rings. The van der Waals surface area contributed by atoms with Gasteiger partial charge in [0.1, 0.15) is 11.0 Å². The first-order valence-corrected chi connectivity index (χ1v) is 16.7. The third kappa shape index (κ3) is 9.51. The first-order chi connectivity index (χ1) is 24.1. The molecule has 0 radical (unpaired) electrons. The lowest BCUT2D eigenvalue weighted by Crippen LogP contribution is -2.38. The second-order valence-electron chi connectivity index (χ2n) is 11.8. The molecular formula is C34H50N10O5. The van der Waals surface area contributed by atoms with Gasteiger partial charge in [-0.15, -0.1) is 0 Å². The standard InChI is InChI=1S/C34H50N10O5/c1-45-20-16-42(17-21-46-2)33-38-30-29(31(39-33)35-25-26-8-6-9-27(24-26)44-13-7-12-36-44)37-34(43(18-22-47-3)19-23-48-4)40-32(30)41-14-10-28(49-5)11-15-41/h6-9,12-13,24,28H,10-11,14-23,25H2,1-5H3,(H,35,38,39). The highest BCUT2D eigenvalue weighted by Gasteiger charge is 2.27. The van der Waals surface area contributed by atoms with E-state index in [4.69, 9.17) is 43.6 Å². The van der Waals surface area contributed by atoms with E-state index in [2.05, 4.69) is 37.2 Å². The molecule has 0 bridgehead atoms. The lowest BCUT2D eigenvalue weighted by Gasteiger charge is -2.33. The number of hydrogen-bond acceptors (Lipinski definition) is 14. The highest BCUT2D eigenvalue weighted by atomic mass is 16.5. The monoisotopic (exact) mass is 678 g/mol. The van der Waals surface area contributed by atoms with Crippen molar-refractivity contribution in [1.29, 1.82) is 0 Å². The molecule has 0 atom stereocenters. The molecule has 49 heavy (non-hydrogen) atoms. The van der Waals surface area contributed by atoms with E-state index in [0.29, 0.717) is 87.9 Å². The van der Waals surface area contributed by atoms with E-state index in [1.54, 1.807) is 41.7 Å². The van der Waals surface area contributed by atoms with Gasteiger partial charge >= 0.3 is 0 Å². The van der Waals surface area contributed by atoms with E-state index >= 15 is 0 Å². The average molecular weight is 679 g/mol. The summed E-state index contributed by atoms with van der Waals surface area (Å²) in [4.78, 5) is 27.1. The van der Waals surface area contributed by atoms with Gasteiger partial charge in [0.2, 0.25) is 11.9 Å². The van der Waals surface area contributed by atoms with Crippen LogP contribution in [0.25, 0.3) is 16.7 Å². The van der Waals surface area contributed by atoms with Gasteiger partial charge < -0.3 is 43.7 Å². The maximum absolute atomic E-state index is 5.70. The largest absolute Gasteiger partial charge is 0.383 e. The maximum atomic E-state index is 5.70. The van der Waals surface area contributed by atoms with Gasteiger partial charge in [-0.25, -0.2) is 14.6 Å². The summed E-state index contributed by atoms with van der Waals surface area (Å²) in [6.07, 6.45) is 5.69. The van der Waals surface area contributed by atoms with Gasteiger partial charge in [-0.2, -0.15) is 15.1 Å². The molecule has 1 aliphatic rings. The number of methoxy groups -OCH3 is 5. The summed E-state index contributed by atoms with van der Waals surface area (Å²) in [5.41, 5.74) is 3.35. The van der Waals surface area contributed by atoms with E-state index in [-0.39, 0.29) is 6.10 Å². The minimum atomic E-state index is 0.210. The van der Waals surface area contributed by atoms with Gasteiger partial charge in [0, 0.05) is 93.8 Å². The van der Waals surface area contributed by atoms with Crippen LogP contribution in [0.3, 0.4) is 0 Å². The van der Waals surface area contributed by atoms with Crippen molar-refractivity contribution >= 4 is 34.6 Å². The number of nitrogens with one attached hydrogen (secondary N) is 1. The van der Waals surface area contributed by atoms with Gasteiger partial charge in [0.05, 0.1) is 38.2 Å². The molecular weight excluding hydrogens is 628 g/mol. The Kier molecular flexibility index (Phi) is 13.7. The topological polar surface area (TPSA) is 137 Å². The molecule has 0 unspecified atom stereocenters. The first kappa shape index (κ1) is 36.1. The summed E-state index contributed by atoms with van der Waals surface area (Å²) >= 11 is 0. The Labute approximate surface area is 288 Å². The van der Waals surface area contributed by atoms with Crippen LogP contribution >= 0.6 is 0 Å². The lowest BCUT2D eigenvalue weighted by atomic mass is 10.1. The van der Waals surface area contributed by atoms with Gasteiger partial charge in [-0.05, 0) is 36.6 Å². The first-order valence-electron chi connectivity index (χ1n) is 16.7. The van der Waals surface area contributed by atoms with Crippen LogP contribution in [0.5, 0.6) is 0 Å². The van der Waals surface area contributed by atoms with Crippen LogP contribution in [0, 0.1) is 0 Å². The van der Waals surface area contributed by atoms with Gasteiger partial charge in [-0.1, -0.05) is 12.1 Å². The number of aromatic nitrogens is 6. The minimum absolute atomic E-state index is 0.210. The summed E-state index contributed by atoms with van der Waals surface area (Å²) in [7, 11) is 8.54. The second kappa shape index (κ2) is 18.6. The van der Waals surface area contributed by atoms with Crippen LogP contribution in [0.1, 0.15) is 18.4 Å². The van der Waals surface area contributed by atoms with E-state index in [1.807, 2.05) is 29.1 Å². The molecule has 0 aliphatic carbocycles. The predicted octanol–water partition coefficient (Wildman–Crippen LogP) is 3.03. The fraction of sp³-hybridized carbons (Fsp3) is 0.559. The van der Waals surface area contributed by atoms with Crippen molar-refractivity contribution in [3.8, 4) is 5.69 Å². The van der Waals surface area contributed by atoms with Crippen LogP contribution < -0.4 is 20.0 Å². The molecule has 5 rings (SSSR count). The summed E-state index contributed by atoms with van der Waals surface area (Å²) in [6.45, 7) is 6.48. The normalized spacial score (nSPS) is 13.7. The van der Waals surface area contributed by atoms with Crippen molar-refractivity contribution in [3.05, 3.63) is 48.3 Å². The summed E-state index contributed by atoms with van der Waals surface area (Å²) in [5, 5.41) is 8.01. The summed E-state index contributed by atoms with van der Waals surface area (Å²) in [6, 6.07) is 10.2. The molecule has 0 saturated carbocycles. The Morgan fingerprint density at radius 2 is 1.37 bits per heavy atom.